The monoisotopic (exact) mass is 554 g/mol. The summed E-state index contributed by atoms with van der Waals surface area (Å²) in [4.78, 5) is 12.7. The average Bonchev–Trinajstić information content (AvgIpc) is 3.27. The Morgan fingerprint density at radius 1 is 0.949 bits per heavy atom. The second-order valence-corrected chi connectivity index (χ2v) is 14.1. The average molecular weight is 555 g/mol. The molecule has 0 amide bonds. The fourth-order valence-corrected chi connectivity index (χ4v) is 10.1. The van der Waals surface area contributed by atoms with Gasteiger partial charge >= 0.3 is 5.97 Å². The Hall–Kier alpha value is -0.810. The van der Waals surface area contributed by atoms with Crippen LogP contribution in [0.4, 0.5) is 0 Å². The Kier molecular flexibility index (Phi) is 8.46. The molecular weight excluding hydrogens is 504 g/mol. The number of hydrogen-bond acceptors (Lipinski definition) is 9. The molecule has 39 heavy (non-hydrogen) atoms. The molecule has 0 bridgehead atoms. The van der Waals surface area contributed by atoms with Gasteiger partial charge in [-0.2, -0.15) is 0 Å². The molecule has 9 nitrogen and oxygen atoms in total. The number of aliphatic hydroxyl groups excluding tert-OH is 6. The van der Waals surface area contributed by atoms with Crippen molar-refractivity contribution in [1.29, 1.82) is 0 Å². The number of carbonyl (C=O) groups excluding carboxylic acids is 1. The van der Waals surface area contributed by atoms with E-state index in [0.717, 1.165) is 38.5 Å². The molecule has 4 saturated carbocycles. The maximum absolute atomic E-state index is 12.7. The predicted molar refractivity (Wildman–Crippen MR) is 141 cm³/mol. The van der Waals surface area contributed by atoms with E-state index in [1.54, 1.807) is 0 Å². The minimum Gasteiger partial charge on any atom is -0.433 e. The Labute approximate surface area is 231 Å². The lowest BCUT2D eigenvalue weighted by molar-refractivity contribution is -0.292. The van der Waals surface area contributed by atoms with E-state index >= 15 is 0 Å². The van der Waals surface area contributed by atoms with E-state index in [9.17, 15) is 35.4 Å². The molecule has 1 saturated heterocycles. The van der Waals surface area contributed by atoms with Crippen LogP contribution >= 0.6 is 0 Å². The second-order valence-electron chi connectivity index (χ2n) is 14.1. The van der Waals surface area contributed by atoms with E-state index in [0.29, 0.717) is 30.1 Å². The molecule has 5 rings (SSSR count). The van der Waals surface area contributed by atoms with Crippen LogP contribution in [0.2, 0.25) is 0 Å². The van der Waals surface area contributed by atoms with Gasteiger partial charge in [0.2, 0.25) is 6.29 Å². The minimum atomic E-state index is -1.60. The van der Waals surface area contributed by atoms with Gasteiger partial charge in [-0.25, -0.2) is 0 Å². The van der Waals surface area contributed by atoms with Crippen LogP contribution < -0.4 is 0 Å². The normalized spacial score (nSPS) is 52.3. The van der Waals surface area contributed by atoms with Crippen molar-refractivity contribution in [1.82, 2.24) is 0 Å². The maximum Gasteiger partial charge on any atom is 0.308 e. The highest BCUT2D eigenvalue weighted by atomic mass is 16.7. The number of hydrogen-bond donors (Lipinski definition) is 6. The fraction of sp³-hybridized carbons (Fsp3) is 0.967. The van der Waals surface area contributed by atoms with Crippen molar-refractivity contribution in [2.45, 2.75) is 128 Å². The van der Waals surface area contributed by atoms with Crippen LogP contribution in [0.5, 0.6) is 0 Å². The van der Waals surface area contributed by atoms with E-state index in [4.69, 9.17) is 9.47 Å². The highest BCUT2D eigenvalue weighted by Gasteiger charge is 2.63. The van der Waals surface area contributed by atoms with Gasteiger partial charge in [-0.15, -0.1) is 0 Å². The molecule has 1 aliphatic heterocycles. The summed E-state index contributed by atoms with van der Waals surface area (Å²) in [6.45, 7) is 6.27. The second kappa shape index (κ2) is 11.1. The number of ether oxygens (including phenoxy) is 2. The summed E-state index contributed by atoms with van der Waals surface area (Å²) < 4.78 is 10.6. The van der Waals surface area contributed by atoms with Crippen LogP contribution in [0, 0.1) is 46.3 Å². The van der Waals surface area contributed by atoms with Crippen LogP contribution in [-0.4, -0.2) is 86.1 Å². The van der Waals surface area contributed by atoms with E-state index in [1.165, 1.54) is 12.8 Å². The lowest BCUT2D eigenvalue weighted by Crippen LogP contribution is -2.59. The number of fused-ring (bicyclic) bond motifs is 5. The molecule has 0 spiro atoms. The largest absolute Gasteiger partial charge is 0.433 e. The molecule has 224 valence electrons. The van der Waals surface area contributed by atoms with E-state index in [2.05, 4.69) is 20.8 Å². The quantitative estimate of drug-likeness (QED) is 0.269. The van der Waals surface area contributed by atoms with Gasteiger partial charge in [-0.05, 0) is 104 Å². The van der Waals surface area contributed by atoms with Crippen molar-refractivity contribution in [3.05, 3.63) is 0 Å². The first-order valence-corrected chi connectivity index (χ1v) is 15.3. The molecule has 0 aromatic rings. The van der Waals surface area contributed by atoms with Gasteiger partial charge in [0.25, 0.3) is 0 Å². The number of aliphatic hydroxyl groups is 6. The fourth-order valence-electron chi connectivity index (χ4n) is 10.1. The van der Waals surface area contributed by atoms with Crippen LogP contribution in [-0.2, 0) is 14.3 Å². The SMILES string of the molecule is C[C@H](CCC(=O)O[C@H]1O[C@H](CO)[C@@H](O)[C@H](O)[C@H]1O)[C@H]1CC[C@H]2[C@@H]3CC[C@@H]4C[C@H](O)CC[C@]4(C)[C@H]3C[C@H](O)[C@]12C. The Bertz CT molecular complexity index is 882. The standard InChI is InChI=1S/C30H50O9/c1-15(4-9-24(34)39-28-27(37)26(36)25(35)22(14-31)38-28)19-7-8-20-18-6-5-16-12-17(32)10-11-29(16,2)21(18)13-23(33)30(19,20)3/h15-23,25-28,31-33,35-37H,4-14H2,1-3H3/t15-,16-,17-,18+,19-,20+,21+,22-,23+,25-,26+,27-,28-,29+,30-/m1/s1. The molecule has 0 radical (unpaired) electrons. The third-order valence-corrected chi connectivity index (χ3v) is 12.4. The van der Waals surface area contributed by atoms with Gasteiger partial charge in [-0.1, -0.05) is 20.8 Å². The zero-order valence-electron chi connectivity index (χ0n) is 23.7. The van der Waals surface area contributed by atoms with Crippen LogP contribution in [0.25, 0.3) is 0 Å². The number of esters is 1. The summed E-state index contributed by atoms with van der Waals surface area (Å²) in [6, 6.07) is 0. The zero-order chi connectivity index (χ0) is 28.3. The van der Waals surface area contributed by atoms with Gasteiger partial charge in [-0.3, -0.25) is 4.79 Å². The molecule has 5 fully saturated rings. The van der Waals surface area contributed by atoms with E-state index in [1.807, 2.05) is 0 Å². The molecule has 5 aliphatic rings. The lowest BCUT2D eigenvalue weighted by Gasteiger charge is -2.62. The van der Waals surface area contributed by atoms with Crippen molar-refractivity contribution in [2.24, 2.45) is 46.3 Å². The van der Waals surface area contributed by atoms with Crippen LogP contribution in [0.1, 0.15) is 85.0 Å². The van der Waals surface area contributed by atoms with Crippen molar-refractivity contribution in [3.63, 3.8) is 0 Å². The predicted octanol–water partition coefficient (Wildman–Crippen LogP) is 1.74. The van der Waals surface area contributed by atoms with Crippen molar-refractivity contribution < 1.29 is 44.9 Å². The summed E-state index contributed by atoms with van der Waals surface area (Å²) in [5.41, 5.74) is 0.00145. The molecule has 0 aromatic heterocycles. The first-order chi connectivity index (χ1) is 18.4. The van der Waals surface area contributed by atoms with Crippen molar-refractivity contribution in [3.8, 4) is 0 Å². The molecule has 9 heteroatoms. The summed E-state index contributed by atoms with van der Waals surface area (Å²) in [6.07, 6.45) is 0.964. The Balaban J connectivity index is 1.20. The van der Waals surface area contributed by atoms with Crippen LogP contribution in [0.3, 0.4) is 0 Å². The molecule has 0 aromatic carbocycles. The van der Waals surface area contributed by atoms with E-state index < -0.39 is 43.3 Å². The summed E-state index contributed by atoms with van der Waals surface area (Å²) in [5.74, 6) is 2.01. The molecular formula is C30H50O9. The summed E-state index contributed by atoms with van der Waals surface area (Å²) in [7, 11) is 0. The molecule has 4 aliphatic carbocycles. The molecule has 1 heterocycles. The number of carbonyl (C=O) groups is 1. The first-order valence-electron chi connectivity index (χ1n) is 15.3. The first kappa shape index (κ1) is 29.7. The van der Waals surface area contributed by atoms with Gasteiger partial charge in [0.15, 0.2) is 0 Å². The van der Waals surface area contributed by atoms with E-state index in [-0.39, 0.29) is 41.3 Å². The number of rotatable bonds is 6. The van der Waals surface area contributed by atoms with Crippen molar-refractivity contribution >= 4 is 5.97 Å². The van der Waals surface area contributed by atoms with Gasteiger partial charge in [0, 0.05) is 6.42 Å². The highest BCUT2D eigenvalue weighted by Crippen LogP contribution is 2.68. The molecule has 0 unspecified atom stereocenters. The third-order valence-electron chi connectivity index (χ3n) is 12.4. The van der Waals surface area contributed by atoms with Crippen LogP contribution in [0.15, 0.2) is 0 Å². The maximum atomic E-state index is 12.7. The Morgan fingerprint density at radius 2 is 1.69 bits per heavy atom. The molecule has 6 N–H and O–H groups in total. The van der Waals surface area contributed by atoms with Gasteiger partial charge in [0.05, 0.1) is 18.8 Å². The lowest BCUT2D eigenvalue weighted by atomic mass is 9.43. The van der Waals surface area contributed by atoms with Gasteiger partial charge < -0.3 is 40.1 Å². The zero-order valence-corrected chi connectivity index (χ0v) is 23.7. The smallest absolute Gasteiger partial charge is 0.308 e. The molecule has 15 atom stereocenters. The minimum absolute atomic E-state index is 0.109. The summed E-state index contributed by atoms with van der Waals surface area (Å²) >= 11 is 0. The van der Waals surface area contributed by atoms with Crippen molar-refractivity contribution in [2.75, 3.05) is 6.61 Å². The highest BCUT2D eigenvalue weighted by molar-refractivity contribution is 5.69. The Morgan fingerprint density at radius 3 is 2.41 bits per heavy atom. The summed E-state index contributed by atoms with van der Waals surface area (Å²) in [5, 5.41) is 61.5. The van der Waals surface area contributed by atoms with Gasteiger partial charge in [0.1, 0.15) is 24.4 Å². The topological polar surface area (TPSA) is 157 Å². The third kappa shape index (κ3) is 4.98.